The molecule has 0 radical (unpaired) electrons. The maximum atomic E-state index is 11.2. The van der Waals surface area contributed by atoms with Crippen LogP contribution < -0.4 is 5.73 Å². The fraction of sp³-hybridized carbons (Fsp3) is 0.750. The van der Waals surface area contributed by atoms with Crippen LogP contribution in [0.3, 0.4) is 0 Å². The van der Waals surface area contributed by atoms with Crippen molar-refractivity contribution in [3.8, 4) is 0 Å². The van der Waals surface area contributed by atoms with Crippen LogP contribution in [0.4, 0.5) is 0 Å². The molecule has 7 nitrogen and oxygen atoms in total. The van der Waals surface area contributed by atoms with E-state index < -0.39 is 43.2 Å². The van der Waals surface area contributed by atoms with Crippen molar-refractivity contribution in [3.05, 3.63) is 0 Å². The normalized spacial score (nSPS) is 16.6. The van der Waals surface area contributed by atoms with Gasteiger partial charge in [-0.25, -0.2) is 0 Å². The van der Waals surface area contributed by atoms with E-state index >= 15 is 0 Å². The van der Waals surface area contributed by atoms with E-state index in [0.717, 1.165) is 6.92 Å². The third-order valence-corrected chi connectivity index (χ3v) is 1.70. The van der Waals surface area contributed by atoms with Gasteiger partial charge in [0.2, 0.25) is 0 Å². The lowest BCUT2D eigenvalue weighted by Crippen LogP contribution is -2.48. The van der Waals surface area contributed by atoms with E-state index in [2.05, 4.69) is 4.74 Å². The molecule has 0 aromatic carbocycles. The number of hydrogen-bond acceptors (Lipinski definition) is 7. The van der Waals surface area contributed by atoms with E-state index in [1.54, 1.807) is 0 Å². The van der Waals surface area contributed by atoms with Crippen LogP contribution >= 0.6 is 0 Å². The number of Topliss-reactive ketones (excluding diaryl/α,β-unsaturated/α-hetero) is 1. The van der Waals surface area contributed by atoms with Crippen LogP contribution in [0, 0.1) is 0 Å². The van der Waals surface area contributed by atoms with Crippen LogP contribution in [0.1, 0.15) is 6.92 Å². The van der Waals surface area contributed by atoms with Gasteiger partial charge in [0.15, 0.2) is 11.9 Å². The monoisotopic (exact) mass is 221 g/mol. The number of rotatable bonds is 6. The van der Waals surface area contributed by atoms with Crippen molar-refractivity contribution in [2.24, 2.45) is 5.73 Å². The predicted octanol–water partition coefficient (Wildman–Crippen LogP) is -2.84. The average Bonchev–Trinajstić information content (AvgIpc) is 2.22. The van der Waals surface area contributed by atoms with Crippen molar-refractivity contribution < 1.29 is 29.6 Å². The van der Waals surface area contributed by atoms with Gasteiger partial charge in [0.05, 0.1) is 13.2 Å². The molecular weight excluding hydrogens is 206 g/mol. The number of aliphatic hydroxyl groups is 3. The quantitative estimate of drug-likeness (QED) is 0.355. The van der Waals surface area contributed by atoms with E-state index in [1.807, 2.05) is 0 Å². The number of esters is 1. The molecule has 0 saturated carbocycles. The molecule has 5 N–H and O–H groups in total. The number of carbonyl (C=O) groups excluding carboxylic acids is 2. The summed E-state index contributed by atoms with van der Waals surface area (Å²) >= 11 is 0. The third kappa shape index (κ3) is 4.34. The summed E-state index contributed by atoms with van der Waals surface area (Å²) in [5.74, 6) is -1.52. The summed E-state index contributed by atoms with van der Waals surface area (Å²) in [6.07, 6.45) is -4.80. The first kappa shape index (κ1) is 14.0. The Balaban J connectivity index is 4.61. The summed E-state index contributed by atoms with van der Waals surface area (Å²) < 4.78 is 4.50. The molecule has 0 spiro atoms. The Morgan fingerprint density at radius 2 is 1.93 bits per heavy atom. The van der Waals surface area contributed by atoms with Gasteiger partial charge < -0.3 is 25.8 Å². The standard InChI is InChI=1S/C8H15NO6/c1-4(11)15-8(5(12)2-9)7(14)6(13)3-10/h6-8,10,13-14H,2-3,9H2,1H3/t6-,7-,8-/m1/s1. The maximum Gasteiger partial charge on any atom is 0.303 e. The second kappa shape index (κ2) is 6.46. The number of ketones is 1. The highest BCUT2D eigenvalue weighted by Crippen LogP contribution is 2.06. The minimum atomic E-state index is -1.69. The Labute approximate surface area is 86.5 Å². The number of ether oxygens (including phenoxy) is 1. The lowest BCUT2D eigenvalue weighted by molar-refractivity contribution is -0.165. The molecule has 0 unspecified atom stereocenters. The van der Waals surface area contributed by atoms with Crippen LogP contribution in [0.2, 0.25) is 0 Å². The average molecular weight is 221 g/mol. The molecule has 0 fully saturated rings. The predicted molar refractivity (Wildman–Crippen MR) is 48.7 cm³/mol. The first-order valence-corrected chi connectivity index (χ1v) is 4.31. The molecule has 0 aliphatic carbocycles. The Morgan fingerprint density at radius 3 is 2.27 bits per heavy atom. The zero-order chi connectivity index (χ0) is 12.0. The minimum absolute atomic E-state index is 0.437. The number of aliphatic hydroxyl groups excluding tert-OH is 3. The van der Waals surface area contributed by atoms with E-state index in [4.69, 9.17) is 15.9 Å². The zero-order valence-electron chi connectivity index (χ0n) is 8.29. The van der Waals surface area contributed by atoms with Crippen LogP contribution in [0.25, 0.3) is 0 Å². The van der Waals surface area contributed by atoms with Crippen molar-refractivity contribution >= 4 is 11.8 Å². The lowest BCUT2D eigenvalue weighted by atomic mass is 10.0. The first-order valence-electron chi connectivity index (χ1n) is 4.31. The van der Waals surface area contributed by atoms with Crippen molar-refractivity contribution in [2.45, 2.75) is 25.2 Å². The molecule has 0 aliphatic heterocycles. The highest BCUT2D eigenvalue weighted by molar-refractivity contribution is 5.87. The first-order chi connectivity index (χ1) is 6.93. The molecule has 0 aromatic rings. The molecule has 15 heavy (non-hydrogen) atoms. The minimum Gasteiger partial charge on any atom is -0.452 e. The maximum absolute atomic E-state index is 11.2. The SMILES string of the molecule is CC(=O)O[C@H](C(=O)CN)[C@H](O)[C@H](O)CO. The summed E-state index contributed by atoms with van der Waals surface area (Å²) in [5, 5.41) is 27.0. The molecule has 0 saturated heterocycles. The zero-order valence-corrected chi connectivity index (χ0v) is 8.29. The molecule has 0 rings (SSSR count). The van der Waals surface area contributed by atoms with Crippen molar-refractivity contribution in [2.75, 3.05) is 13.2 Å². The summed E-state index contributed by atoms with van der Waals surface area (Å²) in [7, 11) is 0. The van der Waals surface area contributed by atoms with Gasteiger partial charge in [-0.15, -0.1) is 0 Å². The number of carbonyl (C=O) groups is 2. The molecule has 0 amide bonds. The van der Waals surface area contributed by atoms with Crippen molar-refractivity contribution in [3.63, 3.8) is 0 Å². The third-order valence-electron chi connectivity index (χ3n) is 1.70. The molecule has 88 valence electrons. The largest absolute Gasteiger partial charge is 0.452 e. The second-order valence-corrected chi connectivity index (χ2v) is 2.94. The van der Waals surface area contributed by atoms with Gasteiger partial charge in [-0.2, -0.15) is 0 Å². The number of nitrogens with two attached hydrogens (primary N) is 1. The van der Waals surface area contributed by atoms with Crippen LogP contribution in [-0.2, 0) is 14.3 Å². The van der Waals surface area contributed by atoms with Gasteiger partial charge in [-0.05, 0) is 0 Å². The Kier molecular flexibility index (Phi) is 6.02. The van der Waals surface area contributed by atoms with Crippen LogP contribution in [-0.4, -0.2) is 58.5 Å². The second-order valence-electron chi connectivity index (χ2n) is 2.94. The smallest absolute Gasteiger partial charge is 0.303 e. The Bertz CT molecular complexity index is 231. The summed E-state index contributed by atoms with van der Waals surface area (Å²) in [6, 6.07) is 0. The van der Waals surface area contributed by atoms with Gasteiger partial charge in [-0.3, -0.25) is 9.59 Å². The van der Waals surface area contributed by atoms with Gasteiger partial charge >= 0.3 is 5.97 Å². The van der Waals surface area contributed by atoms with Gasteiger partial charge in [-0.1, -0.05) is 0 Å². The molecule has 0 aromatic heterocycles. The molecule has 0 bridgehead atoms. The summed E-state index contributed by atoms with van der Waals surface area (Å²) in [4.78, 5) is 21.8. The van der Waals surface area contributed by atoms with Crippen LogP contribution in [0.5, 0.6) is 0 Å². The molecule has 3 atom stereocenters. The van der Waals surface area contributed by atoms with Gasteiger partial charge in [0, 0.05) is 6.92 Å². The Morgan fingerprint density at radius 1 is 1.40 bits per heavy atom. The van der Waals surface area contributed by atoms with Crippen molar-refractivity contribution in [1.29, 1.82) is 0 Å². The summed E-state index contributed by atoms with van der Waals surface area (Å²) in [6.45, 7) is -0.140. The molecule has 0 aliphatic rings. The van der Waals surface area contributed by atoms with E-state index in [9.17, 15) is 14.7 Å². The Hall–Kier alpha value is -1.02. The van der Waals surface area contributed by atoms with Gasteiger partial charge in [0.1, 0.15) is 12.2 Å². The highest BCUT2D eigenvalue weighted by Gasteiger charge is 2.33. The summed E-state index contributed by atoms with van der Waals surface area (Å²) in [5.41, 5.74) is 5.03. The van der Waals surface area contributed by atoms with E-state index in [-0.39, 0.29) is 0 Å². The fourth-order valence-corrected chi connectivity index (χ4v) is 0.931. The topological polar surface area (TPSA) is 130 Å². The van der Waals surface area contributed by atoms with E-state index in [1.165, 1.54) is 0 Å². The molecular formula is C8H15NO6. The van der Waals surface area contributed by atoms with Crippen molar-refractivity contribution in [1.82, 2.24) is 0 Å². The highest BCUT2D eigenvalue weighted by atomic mass is 16.6. The van der Waals surface area contributed by atoms with Crippen LogP contribution in [0.15, 0.2) is 0 Å². The number of hydrogen-bond donors (Lipinski definition) is 4. The van der Waals surface area contributed by atoms with Gasteiger partial charge in [0.25, 0.3) is 0 Å². The molecule has 0 heterocycles. The lowest BCUT2D eigenvalue weighted by Gasteiger charge is -2.23. The van der Waals surface area contributed by atoms with E-state index in [0.29, 0.717) is 0 Å². The molecule has 7 heteroatoms. The fourth-order valence-electron chi connectivity index (χ4n) is 0.931.